The molecule has 0 N–H and O–H groups in total. The highest BCUT2D eigenvalue weighted by Gasteiger charge is 2.10. The Kier molecular flexibility index (Phi) is 17.1. The second kappa shape index (κ2) is 19.6. The predicted molar refractivity (Wildman–Crippen MR) is 185 cm³/mol. The minimum Gasteiger partial charge on any atom is -0.497 e. The van der Waals surface area contributed by atoms with Crippen molar-refractivity contribution in [1.82, 2.24) is 0 Å². The molecule has 246 valence electrons. The summed E-state index contributed by atoms with van der Waals surface area (Å²) in [4.78, 5) is 0. The first-order valence-electron chi connectivity index (χ1n) is 15.6. The average Bonchev–Trinajstić information content (AvgIpc) is 2.97. The molecule has 45 heavy (non-hydrogen) atoms. The maximum Gasteiger partial charge on any atom is 0.168 e. The number of hydrogen-bond donors (Lipinski definition) is 0. The van der Waals surface area contributed by atoms with Crippen LogP contribution in [0.2, 0.25) is 0 Å². The fourth-order valence-corrected chi connectivity index (χ4v) is 4.36. The molecule has 4 rings (SSSR count). The van der Waals surface area contributed by atoms with E-state index in [0.717, 1.165) is 16.7 Å². The Morgan fingerprint density at radius 2 is 1.00 bits per heavy atom. The van der Waals surface area contributed by atoms with Crippen molar-refractivity contribution in [2.24, 2.45) is 0 Å². The highest BCUT2D eigenvalue weighted by molar-refractivity contribution is 5.33. The van der Waals surface area contributed by atoms with Gasteiger partial charge in [0, 0.05) is 6.07 Å². The minimum atomic E-state index is -0.241. The highest BCUT2D eigenvalue weighted by Crippen LogP contribution is 2.25. The van der Waals surface area contributed by atoms with E-state index in [0.29, 0.717) is 23.0 Å². The Bertz CT molecular complexity index is 1440. The van der Waals surface area contributed by atoms with E-state index in [1.807, 2.05) is 60.6 Å². The molecule has 0 aliphatic rings. The van der Waals surface area contributed by atoms with Crippen molar-refractivity contribution < 1.29 is 22.6 Å². The minimum absolute atomic E-state index is 0.0833. The van der Waals surface area contributed by atoms with E-state index >= 15 is 0 Å². The van der Waals surface area contributed by atoms with Gasteiger partial charge < -0.3 is 9.47 Å². The van der Waals surface area contributed by atoms with Gasteiger partial charge in [0.15, 0.2) is 11.6 Å². The summed E-state index contributed by atoms with van der Waals surface area (Å²) in [5, 5.41) is 0. The summed E-state index contributed by atoms with van der Waals surface area (Å²) in [7, 11) is 3.01. The number of rotatable bonds is 6. The normalized spacial score (nSPS) is 10.5. The number of halogens is 3. The van der Waals surface area contributed by atoms with Crippen LogP contribution in [0.25, 0.3) is 0 Å². The van der Waals surface area contributed by atoms with Gasteiger partial charge in [0.2, 0.25) is 0 Å². The number of hydrogen-bond acceptors (Lipinski definition) is 2. The van der Waals surface area contributed by atoms with Gasteiger partial charge in [-0.05, 0) is 83.5 Å². The second-order valence-electron chi connectivity index (χ2n) is 12.3. The zero-order valence-electron chi connectivity index (χ0n) is 29.3. The van der Waals surface area contributed by atoms with Crippen LogP contribution in [0.3, 0.4) is 0 Å². The first kappa shape index (κ1) is 39.3. The van der Waals surface area contributed by atoms with E-state index < -0.39 is 0 Å². The van der Waals surface area contributed by atoms with Crippen LogP contribution < -0.4 is 9.47 Å². The molecule has 0 aliphatic heterocycles. The van der Waals surface area contributed by atoms with Crippen LogP contribution >= 0.6 is 0 Å². The van der Waals surface area contributed by atoms with Gasteiger partial charge in [-0.15, -0.1) is 0 Å². The molecule has 0 aliphatic carbocycles. The summed E-state index contributed by atoms with van der Waals surface area (Å²) in [5.41, 5.74) is 6.00. The SMILES string of the molecule is COc1ccc(C(C)C)c(F)c1.COc1cccc(C(C)C)c1F.Cc1ccc(C(C)C)c(F)c1.Cc1cccc(C(C)C)c1. The fourth-order valence-electron chi connectivity index (χ4n) is 4.36. The summed E-state index contributed by atoms with van der Waals surface area (Å²) in [6.45, 7) is 20.3. The van der Waals surface area contributed by atoms with Gasteiger partial charge in [-0.1, -0.05) is 116 Å². The summed E-state index contributed by atoms with van der Waals surface area (Å²) < 4.78 is 49.5. The number of ether oxygens (including phenoxy) is 2. The first-order valence-corrected chi connectivity index (χ1v) is 15.6. The molecule has 0 unspecified atom stereocenters. The Balaban J connectivity index is 0.000000301. The lowest BCUT2D eigenvalue weighted by atomic mass is 10.0. The number of methoxy groups -OCH3 is 2. The van der Waals surface area contributed by atoms with Crippen LogP contribution in [0.5, 0.6) is 11.5 Å². The quantitative estimate of drug-likeness (QED) is 0.213. The molecule has 0 aromatic heterocycles. The van der Waals surface area contributed by atoms with Crippen molar-refractivity contribution in [1.29, 1.82) is 0 Å². The van der Waals surface area contributed by atoms with Crippen molar-refractivity contribution >= 4 is 0 Å². The fraction of sp³-hybridized carbons (Fsp3) is 0.400. The Morgan fingerprint density at radius 3 is 1.42 bits per heavy atom. The molecule has 0 saturated carbocycles. The van der Waals surface area contributed by atoms with Gasteiger partial charge in [0.1, 0.15) is 17.4 Å². The topological polar surface area (TPSA) is 18.5 Å². The van der Waals surface area contributed by atoms with Gasteiger partial charge in [-0.25, -0.2) is 13.2 Å². The average molecular weight is 623 g/mol. The molecule has 4 aromatic rings. The van der Waals surface area contributed by atoms with Crippen LogP contribution in [0.15, 0.2) is 78.9 Å². The van der Waals surface area contributed by atoms with E-state index in [9.17, 15) is 13.2 Å². The molecule has 0 spiro atoms. The Labute approximate surface area is 270 Å². The van der Waals surface area contributed by atoms with E-state index in [1.54, 1.807) is 36.4 Å². The van der Waals surface area contributed by atoms with Gasteiger partial charge in [-0.3, -0.25) is 0 Å². The smallest absolute Gasteiger partial charge is 0.168 e. The first-order chi connectivity index (χ1) is 21.1. The third-order valence-corrected chi connectivity index (χ3v) is 7.15. The van der Waals surface area contributed by atoms with Crippen LogP contribution in [0.1, 0.15) is 112 Å². The van der Waals surface area contributed by atoms with Crippen molar-refractivity contribution in [3.05, 3.63) is 130 Å². The lowest BCUT2D eigenvalue weighted by Gasteiger charge is -2.09. The van der Waals surface area contributed by atoms with Crippen LogP contribution in [-0.4, -0.2) is 14.2 Å². The standard InChI is InChI=1S/2C10H13FO.C10H13F.C10H14/c1-7(2)9-5-4-8(12-3)6-10(9)11;1-7(2)8-5-4-6-9(12-3)10(8)11;1-7(2)9-5-4-8(3)6-10(9)11;1-8(2)10-6-4-5-9(3)7-10/h2*4-7H,1-3H3;4-7H,1-3H3;4-8H,1-3H3. The van der Waals surface area contributed by atoms with Crippen LogP contribution in [0, 0.1) is 31.3 Å². The molecule has 0 bridgehead atoms. The molecule has 4 aromatic carbocycles. The zero-order valence-corrected chi connectivity index (χ0v) is 29.3. The number of aryl methyl sites for hydroxylation is 2. The Morgan fingerprint density at radius 1 is 0.489 bits per heavy atom. The zero-order chi connectivity index (χ0) is 34.3. The maximum atomic E-state index is 13.4. The predicted octanol–water partition coefficient (Wildman–Crippen LogP) is 12.3. The second-order valence-corrected chi connectivity index (χ2v) is 12.3. The van der Waals surface area contributed by atoms with Crippen LogP contribution in [-0.2, 0) is 0 Å². The highest BCUT2D eigenvalue weighted by atomic mass is 19.1. The molecule has 0 fully saturated rings. The van der Waals surface area contributed by atoms with Crippen molar-refractivity contribution in [2.75, 3.05) is 14.2 Å². The van der Waals surface area contributed by atoms with Crippen molar-refractivity contribution in [3.63, 3.8) is 0 Å². The van der Waals surface area contributed by atoms with E-state index in [4.69, 9.17) is 9.47 Å². The van der Waals surface area contributed by atoms with Gasteiger partial charge in [0.05, 0.1) is 14.2 Å². The van der Waals surface area contributed by atoms with Gasteiger partial charge in [-0.2, -0.15) is 0 Å². The van der Waals surface area contributed by atoms with E-state index in [1.165, 1.54) is 31.4 Å². The summed E-state index contributed by atoms with van der Waals surface area (Å²) in [5.74, 6) is 1.71. The third kappa shape index (κ3) is 13.4. The molecule has 5 heteroatoms. The monoisotopic (exact) mass is 622 g/mol. The molecular formula is C40H53F3O2. The van der Waals surface area contributed by atoms with Crippen molar-refractivity contribution in [3.8, 4) is 11.5 Å². The van der Waals surface area contributed by atoms with Gasteiger partial charge in [0.25, 0.3) is 0 Å². The molecule has 0 saturated heterocycles. The van der Waals surface area contributed by atoms with E-state index in [2.05, 4.69) is 45.0 Å². The molecule has 0 amide bonds. The molecule has 2 nitrogen and oxygen atoms in total. The largest absolute Gasteiger partial charge is 0.497 e. The molecule has 0 radical (unpaired) electrons. The number of benzene rings is 4. The molecule has 0 heterocycles. The molecule has 0 atom stereocenters. The lowest BCUT2D eigenvalue weighted by Crippen LogP contribution is -1.96. The van der Waals surface area contributed by atoms with E-state index in [-0.39, 0.29) is 35.2 Å². The maximum absolute atomic E-state index is 13.4. The lowest BCUT2D eigenvalue weighted by molar-refractivity contribution is 0.383. The third-order valence-electron chi connectivity index (χ3n) is 7.15. The summed E-state index contributed by atoms with van der Waals surface area (Å²) in [6, 6.07) is 24.2. The van der Waals surface area contributed by atoms with Crippen LogP contribution in [0.4, 0.5) is 13.2 Å². The Hall–Kier alpha value is -3.73. The summed E-state index contributed by atoms with van der Waals surface area (Å²) >= 11 is 0. The van der Waals surface area contributed by atoms with Crippen molar-refractivity contribution in [2.45, 2.75) is 92.9 Å². The molecular weight excluding hydrogens is 569 g/mol. The summed E-state index contributed by atoms with van der Waals surface area (Å²) in [6.07, 6.45) is 0. The van der Waals surface area contributed by atoms with Gasteiger partial charge >= 0.3 is 0 Å².